The Hall–Kier alpha value is -5.75. The standard InChI is InChI=1S/C34H29N7O2/c1-42-29-13-9-24(10-14-29)21-40(22-25-11-15-30(43-2)16-12-25)33-34-38-32(19-28-8-3-4-17-36-28)39-41(34)23-31(37-33)27-7-5-6-26(18-27)20-35/h3-18,23H,19,21-22H2,1-2H3. The molecule has 0 atom stereocenters. The van der Waals surface area contributed by atoms with Crippen LogP contribution in [-0.2, 0) is 19.5 Å². The van der Waals surface area contributed by atoms with Gasteiger partial charge in [-0.3, -0.25) is 4.98 Å². The summed E-state index contributed by atoms with van der Waals surface area (Å²) in [6.45, 7) is 1.12. The number of pyridine rings is 1. The second-order valence-electron chi connectivity index (χ2n) is 9.99. The van der Waals surface area contributed by atoms with Gasteiger partial charge in [0.2, 0.25) is 0 Å². The van der Waals surface area contributed by atoms with Crippen molar-refractivity contribution in [2.24, 2.45) is 0 Å². The van der Waals surface area contributed by atoms with Gasteiger partial charge in [0, 0.05) is 30.5 Å². The SMILES string of the molecule is COc1ccc(CN(Cc2ccc(OC)cc2)c2nc(-c3cccc(C#N)c3)cn3nc(Cc4ccccn4)nc23)cc1. The van der Waals surface area contributed by atoms with Gasteiger partial charge in [-0.15, -0.1) is 0 Å². The fourth-order valence-corrected chi connectivity index (χ4v) is 4.87. The lowest BCUT2D eigenvalue weighted by molar-refractivity contribution is 0.414. The first-order valence-electron chi connectivity index (χ1n) is 13.8. The Morgan fingerprint density at radius 1 is 0.814 bits per heavy atom. The lowest BCUT2D eigenvalue weighted by Crippen LogP contribution is -2.24. The molecule has 0 aliphatic rings. The highest BCUT2D eigenvalue weighted by atomic mass is 16.5. The number of benzene rings is 3. The van der Waals surface area contributed by atoms with Crippen LogP contribution in [0.25, 0.3) is 16.9 Å². The molecule has 6 aromatic rings. The van der Waals surface area contributed by atoms with Crippen LogP contribution in [0.3, 0.4) is 0 Å². The third-order valence-corrected chi connectivity index (χ3v) is 7.06. The number of methoxy groups -OCH3 is 2. The van der Waals surface area contributed by atoms with Crippen LogP contribution >= 0.6 is 0 Å². The average molecular weight is 568 g/mol. The zero-order valence-corrected chi connectivity index (χ0v) is 23.9. The van der Waals surface area contributed by atoms with Crippen molar-refractivity contribution in [3.8, 4) is 28.8 Å². The van der Waals surface area contributed by atoms with Crippen molar-refractivity contribution in [2.75, 3.05) is 19.1 Å². The van der Waals surface area contributed by atoms with E-state index in [1.807, 2.05) is 91.1 Å². The van der Waals surface area contributed by atoms with E-state index in [0.717, 1.165) is 33.9 Å². The van der Waals surface area contributed by atoms with E-state index >= 15 is 0 Å². The molecule has 3 aromatic heterocycles. The van der Waals surface area contributed by atoms with Crippen molar-refractivity contribution >= 4 is 11.5 Å². The van der Waals surface area contributed by atoms with Gasteiger partial charge < -0.3 is 14.4 Å². The van der Waals surface area contributed by atoms with Gasteiger partial charge in [0.25, 0.3) is 0 Å². The van der Waals surface area contributed by atoms with Crippen molar-refractivity contribution in [3.63, 3.8) is 0 Å². The molecule has 0 bridgehead atoms. The zero-order chi connectivity index (χ0) is 29.6. The number of hydrogen-bond donors (Lipinski definition) is 0. The van der Waals surface area contributed by atoms with Crippen LogP contribution in [-0.4, -0.2) is 38.8 Å². The molecule has 0 fully saturated rings. The predicted molar refractivity (Wildman–Crippen MR) is 164 cm³/mol. The molecule has 0 N–H and O–H groups in total. The monoisotopic (exact) mass is 567 g/mol. The predicted octanol–water partition coefficient (Wildman–Crippen LogP) is 5.87. The van der Waals surface area contributed by atoms with E-state index in [2.05, 4.69) is 16.0 Å². The minimum Gasteiger partial charge on any atom is -0.497 e. The van der Waals surface area contributed by atoms with Crippen LogP contribution in [0.4, 0.5) is 5.82 Å². The molecule has 0 saturated carbocycles. The number of aromatic nitrogens is 5. The van der Waals surface area contributed by atoms with E-state index in [0.29, 0.717) is 48.1 Å². The fraction of sp³-hybridized carbons (Fsp3) is 0.147. The highest BCUT2D eigenvalue weighted by molar-refractivity contribution is 5.71. The van der Waals surface area contributed by atoms with Gasteiger partial charge in [0.05, 0.1) is 44.2 Å². The van der Waals surface area contributed by atoms with Gasteiger partial charge in [0.1, 0.15) is 11.5 Å². The van der Waals surface area contributed by atoms with Crippen molar-refractivity contribution in [1.29, 1.82) is 5.26 Å². The summed E-state index contributed by atoms with van der Waals surface area (Å²) in [5, 5.41) is 14.4. The van der Waals surface area contributed by atoms with Crippen LogP contribution in [0.1, 0.15) is 28.2 Å². The molecule has 9 nitrogen and oxygen atoms in total. The van der Waals surface area contributed by atoms with Gasteiger partial charge in [-0.1, -0.05) is 42.5 Å². The number of fused-ring (bicyclic) bond motifs is 1. The zero-order valence-electron chi connectivity index (χ0n) is 23.9. The number of anilines is 1. The van der Waals surface area contributed by atoms with Gasteiger partial charge in [0.15, 0.2) is 17.3 Å². The van der Waals surface area contributed by atoms with E-state index in [1.54, 1.807) is 31.0 Å². The first-order chi connectivity index (χ1) is 21.1. The Morgan fingerprint density at radius 2 is 1.51 bits per heavy atom. The second kappa shape index (κ2) is 12.4. The molecule has 0 spiro atoms. The van der Waals surface area contributed by atoms with Crippen molar-refractivity contribution in [1.82, 2.24) is 24.6 Å². The van der Waals surface area contributed by atoms with Crippen molar-refractivity contribution in [3.05, 3.63) is 132 Å². The molecular formula is C34H29N7O2. The Balaban J connectivity index is 1.49. The maximum Gasteiger partial charge on any atom is 0.198 e. The fourth-order valence-electron chi connectivity index (χ4n) is 4.87. The molecule has 0 radical (unpaired) electrons. The number of hydrogen-bond acceptors (Lipinski definition) is 8. The van der Waals surface area contributed by atoms with Gasteiger partial charge in [-0.25, -0.2) is 14.5 Å². The topological polar surface area (TPSA) is 101 Å². The third-order valence-electron chi connectivity index (χ3n) is 7.06. The first kappa shape index (κ1) is 27.4. The molecule has 0 aliphatic heterocycles. The summed E-state index contributed by atoms with van der Waals surface area (Å²) in [5.74, 6) is 2.90. The molecule has 0 amide bonds. The summed E-state index contributed by atoms with van der Waals surface area (Å²) in [6.07, 6.45) is 4.12. The quantitative estimate of drug-likeness (QED) is 0.203. The molecule has 3 heterocycles. The normalized spacial score (nSPS) is 10.8. The van der Waals surface area contributed by atoms with Gasteiger partial charge >= 0.3 is 0 Å². The summed E-state index contributed by atoms with van der Waals surface area (Å²) in [6, 6.07) is 31.5. The Bertz CT molecular complexity index is 1830. The maximum absolute atomic E-state index is 9.54. The molecule has 9 heteroatoms. The van der Waals surface area contributed by atoms with Crippen molar-refractivity contribution < 1.29 is 9.47 Å². The minimum absolute atomic E-state index is 0.484. The highest BCUT2D eigenvalue weighted by Crippen LogP contribution is 2.28. The Morgan fingerprint density at radius 3 is 2.12 bits per heavy atom. The molecule has 0 saturated heterocycles. The minimum atomic E-state index is 0.484. The number of nitrogens with zero attached hydrogens (tertiary/aromatic N) is 7. The van der Waals surface area contributed by atoms with Crippen LogP contribution in [0.15, 0.2) is 103 Å². The summed E-state index contributed by atoms with van der Waals surface area (Å²) in [5.41, 5.74) is 5.74. The molecular weight excluding hydrogens is 538 g/mol. The Labute approximate surface area is 249 Å². The molecule has 43 heavy (non-hydrogen) atoms. The summed E-state index contributed by atoms with van der Waals surface area (Å²) < 4.78 is 12.5. The van der Waals surface area contributed by atoms with Crippen LogP contribution in [0.2, 0.25) is 0 Å². The van der Waals surface area contributed by atoms with Gasteiger partial charge in [-0.05, 0) is 59.7 Å². The third kappa shape index (κ3) is 6.29. The van der Waals surface area contributed by atoms with Crippen LogP contribution < -0.4 is 14.4 Å². The van der Waals surface area contributed by atoms with Crippen molar-refractivity contribution in [2.45, 2.75) is 19.5 Å². The lowest BCUT2D eigenvalue weighted by atomic mass is 10.1. The highest BCUT2D eigenvalue weighted by Gasteiger charge is 2.20. The van der Waals surface area contributed by atoms with E-state index in [4.69, 9.17) is 24.5 Å². The summed E-state index contributed by atoms with van der Waals surface area (Å²) in [4.78, 5) is 16.8. The number of rotatable bonds is 10. The molecule has 6 rings (SSSR count). The first-order valence-corrected chi connectivity index (χ1v) is 13.8. The van der Waals surface area contributed by atoms with Crippen LogP contribution in [0.5, 0.6) is 11.5 Å². The second-order valence-corrected chi connectivity index (χ2v) is 9.99. The largest absolute Gasteiger partial charge is 0.497 e. The summed E-state index contributed by atoms with van der Waals surface area (Å²) in [7, 11) is 3.32. The van der Waals surface area contributed by atoms with Crippen LogP contribution in [0, 0.1) is 11.3 Å². The van der Waals surface area contributed by atoms with Gasteiger partial charge in [-0.2, -0.15) is 10.4 Å². The van der Waals surface area contributed by atoms with E-state index in [9.17, 15) is 5.26 Å². The Kier molecular flexibility index (Phi) is 7.91. The van der Waals surface area contributed by atoms with E-state index < -0.39 is 0 Å². The molecule has 3 aromatic carbocycles. The van der Waals surface area contributed by atoms with E-state index in [-0.39, 0.29) is 0 Å². The molecule has 0 unspecified atom stereocenters. The molecule has 0 aliphatic carbocycles. The smallest absolute Gasteiger partial charge is 0.198 e. The van der Waals surface area contributed by atoms with E-state index in [1.165, 1.54) is 0 Å². The number of nitriles is 1. The molecule has 212 valence electrons. The lowest BCUT2D eigenvalue weighted by Gasteiger charge is -2.25. The number of ether oxygens (including phenoxy) is 2. The summed E-state index contributed by atoms with van der Waals surface area (Å²) >= 11 is 0. The maximum atomic E-state index is 9.54. The average Bonchev–Trinajstić information content (AvgIpc) is 3.47.